The second-order valence-electron chi connectivity index (χ2n) is 5.33. The molecule has 0 spiro atoms. The Balaban J connectivity index is 2.71. The van der Waals surface area contributed by atoms with E-state index in [1.54, 1.807) is 20.8 Å². The summed E-state index contributed by atoms with van der Waals surface area (Å²) >= 11 is 12.2. The van der Waals surface area contributed by atoms with Gasteiger partial charge < -0.3 is 15.8 Å². The van der Waals surface area contributed by atoms with Crippen LogP contribution >= 0.6 is 23.2 Å². The van der Waals surface area contributed by atoms with Crippen LogP contribution < -0.4 is 11.1 Å². The number of pyridine rings is 1. The minimum atomic E-state index is -0.547. The number of aromatic nitrogens is 1. The van der Waals surface area contributed by atoms with Crippen LogP contribution in [0.15, 0.2) is 12.4 Å². The van der Waals surface area contributed by atoms with Crippen molar-refractivity contribution in [1.82, 2.24) is 10.3 Å². The van der Waals surface area contributed by atoms with Crippen LogP contribution in [-0.4, -0.2) is 29.8 Å². The maximum atomic E-state index is 11.6. The molecule has 0 radical (unpaired) electrons. The Morgan fingerprint density at radius 2 is 1.95 bits per heavy atom. The summed E-state index contributed by atoms with van der Waals surface area (Å²) < 4.78 is 5.16. The van der Waals surface area contributed by atoms with Gasteiger partial charge in [0, 0.05) is 31.4 Å². The van der Waals surface area contributed by atoms with Gasteiger partial charge >= 0.3 is 6.09 Å². The summed E-state index contributed by atoms with van der Waals surface area (Å²) in [5, 5.41) is 3.52. The molecule has 1 aromatic rings. The van der Waals surface area contributed by atoms with Crippen LogP contribution in [0.3, 0.4) is 0 Å². The number of rotatable bonds is 4. The molecular formula is C13H19Cl2N3O2. The van der Waals surface area contributed by atoms with E-state index in [4.69, 9.17) is 33.7 Å². The third-order valence-electron chi connectivity index (χ3n) is 2.47. The smallest absolute Gasteiger partial charge is 0.407 e. The second-order valence-corrected chi connectivity index (χ2v) is 6.15. The number of ether oxygens (including phenoxy) is 1. The van der Waals surface area contributed by atoms with Gasteiger partial charge in [0.25, 0.3) is 0 Å². The van der Waals surface area contributed by atoms with Gasteiger partial charge in [0.2, 0.25) is 0 Å². The van der Waals surface area contributed by atoms with Crippen molar-refractivity contribution in [1.29, 1.82) is 0 Å². The highest BCUT2D eigenvalue weighted by Gasteiger charge is 2.20. The van der Waals surface area contributed by atoms with Crippen molar-refractivity contribution in [3.63, 3.8) is 0 Å². The fourth-order valence-corrected chi connectivity index (χ4v) is 2.31. The Morgan fingerprint density at radius 1 is 1.40 bits per heavy atom. The van der Waals surface area contributed by atoms with Crippen LogP contribution in [-0.2, 0) is 4.74 Å². The van der Waals surface area contributed by atoms with E-state index in [1.165, 1.54) is 12.4 Å². The van der Waals surface area contributed by atoms with E-state index in [-0.39, 0.29) is 12.5 Å². The minimum absolute atomic E-state index is 0.203. The molecule has 7 heteroatoms. The predicted molar refractivity (Wildman–Crippen MR) is 80.3 cm³/mol. The highest BCUT2D eigenvalue weighted by atomic mass is 35.5. The first kappa shape index (κ1) is 17.0. The lowest BCUT2D eigenvalue weighted by molar-refractivity contribution is 0.0525. The summed E-state index contributed by atoms with van der Waals surface area (Å²) in [6.07, 6.45) is 2.50. The number of hydrogen-bond donors (Lipinski definition) is 2. The number of alkyl carbamates (subject to hydrolysis) is 1. The lowest BCUT2D eigenvalue weighted by Gasteiger charge is -2.22. The van der Waals surface area contributed by atoms with Gasteiger partial charge in [-0.2, -0.15) is 0 Å². The molecule has 1 rings (SSSR count). The zero-order chi connectivity index (χ0) is 15.3. The highest BCUT2D eigenvalue weighted by Crippen LogP contribution is 2.29. The van der Waals surface area contributed by atoms with Gasteiger partial charge in [-0.25, -0.2) is 4.79 Å². The fraction of sp³-hybridized carbons (Fsp3) is 0.538. The summed E-state index contributed by atoms with van der Waals surface area (Å²) in [6.45, 7) is 5.96. The molecule has 3 N–H and O–H groups in total. The molecule has 0 fully saturated rings. The van der Waals surface area contributed by atoms with E-state index in [2.05, 4.69) is 10.3 Å². The Hall–Kier alpha value is -1.04. The third kappa shape index (κ3) is 5.15. The van der Waals surface area contributed by atoms with Gasteiger partial charge in [-0.05, 0) is 26.3 Å². The molecule has 1 aromatic heterocycles. The number of amides is 1. The van der Waals surface area contributed by atoms with Crippen LogP contribution in [0.25, 0.3) is 0 Å². The van der Waals surface area contributed by atoms with Crippen molar-refractivity contribution >= 4 is 29.3 Å². The van der Waals surface area contributed by atoms with Crippen LogP contribution in [0.2, 0.25) is 10.0 Å². The molecule has 0 aliphatic carbocycles. The van der Waals surface area contributed by atoms with Crippen LogP contribution in [0.4, 0.5) is 4.79 Å². The molecule has 0 aliphatic heterocycles. The highest BCUT2D eigenvalue weighted by molar-refractivity contribution is 6.35. The van der Waals surface area contributed by atoms with E-state index < -0.39 is 11.7 Å². The van der Waals surface area contributed by atoms with Crippen molar-refractivity contribution in [2.45, 2.75) is 32.3 Å². The lowest BCUT2D eigenvalue weighted by Crippen LogP contribution is -2.36. The summed E-state index contributed by atoms with van der Waals surface area (Å²) in [5.74, 6) is -0.203. The number of halogens is 2. The average molecular weight is 320 g/mol. The Kier molecular flexibility index (Phi) is 6.05. The quantitative estimate of drug-likeness (QED) is 0.894. The maximum absolute atomic E-state index is 11.6. The number of hydrogen-bond acceptors (Lipinski definition) is 4. The molecule has 0 saturated carbocycles. The molecule has 1 unspecified atom stereocenters. The van der Waals surface area contributed by atoms with Gasteiger partial charge in [0.15, 0.2) is 0 Å². The van der Waals surface area contributed by atoms with Gasteiger partial charge in [0.05, 0.1) is 10.0 Å². The minimum Gasteiger partial charge on any atom is -0.444 e. The lowest BCUT2D eigenvalue weighted by atomic mass is 10.0. The first-order valence-corrected chi connectivity index (χ1v) is 6.96. The van der Waals surface area contributed by atoms with E-state index in [0.717, 1.165) is 0 Å². The summed E-state index contributed by atoms with van der Waals surface area (Å²) in [5.41, 5.74) is 5.86. The first-order chi connectivity index (χ1) is 9.24. The Bertz CT molecular complexity index is 455. The molecule has 1 atom stereocenters. The Morgan fingerprint density at radius 3 is 2.40 bits per heavy atom. The molecule has 112 valence electrons. The molecule has 0 saturated heterocycles. The molecule has 20 heavy (non-hydrogen) atoms. The normalized spacial score (nSPS) is 12.9. The predicted octanol–water partition coefficient (Wildman–Crippen LogP) is 2.96. The van der Waals surface area contributed by atoms with Crippen molar-refractivity contribution < 1.29 is 9.53 Å². The molecule has 0 bridgehead atoms. The van der Waals surface area contributed by atoms with E-state index >= 15 is 0 Å². The molecule has 5 nitrogen and oxygen atoms in total. The van der Waals surface area contributed by atoms with Crippen LogP contribution in [0, 0.1) is 0 Å². The van der Waals surface area contributed by atoms with Gasteiger partial charge in [-0.3, -0.25) is 4.98 Å². The topological polar surface area (TPSA) is 77.2 Å². The largest absolute Gasteiger partial charge is 0.444 e. The Labute approximate surface area is 128 Å². The van der Waals surface area contributed by atoms with Crippen LogP contribution in [0.1, 0.15) is 32.3 Å². The molecule has 1 amide bonds. The number of nitrogens with two attached hydrogens (primary N) is 1. The summed E-state index contributed by atoms with van der Waals surface area (Å²) in [6, 6.07) is 0. The van der Waals surface area contributed by atoms with Gasteiger partial charge in [-0.15, -0.1) is 0 Å². The summed E-state index contributed by atoms with van der Waals surface area (Å²) in [4.78, 5) is 15.5. The zero-order valence-electron chi connectivity index (χ0n) is 11.7. The van der Waals surface area contributed by atoms with Crippen LogP contribution in [0.5, 0.6) is 0 Å². The van der Waals surface area contributed by atoms with E-state index in [0.29, 0.717) is 22.2 Å². The maximum Gasteiger partial charge on any atom is 0.407 e. The second kappa shape index (κ2) is 7.11. The SMILES string of the molecule is CC(C)(C)OC(=O)NCC(CN)c1c(Cl)cncc1Cl. The number of nitrogens with one attached hydrogen (secondary N) is 1. The van der Waals surface area contributed by atoms with E-state index in [1.807, 2.05) is 0 Å². The fourth-order valence-electron chi connectivity index (χ4n) is 1.64. The average Bonchev–Trinajstić information content (AvgIpc) is 2.30. The number of carbonyl (C=O) groups is 1. The van der Waals surface area contributed by atoms with Crippen molar-refractivity contribution in [2.75, 3.05) is 13.1 Å². The molecule has 0 aliphatic rings. The van der Waals surface area contributed by atoms with Gasteiger partial charge in [-0.1, -0.05) is 23.2 Å². The molecular weight excluding hydrogens is 301 g/mol. The van der Waals surface area contributed by atoms with E-state index in [9.17, 15) is 4.79 Å². The number of carbonyl (C=O) groups excluding carboxylic acids is 1. The van der Waals surface area contributed by atoms with Crippen molar-refractivity contribution in [2.24, 2.45) is 5.73 Å². The van der Waals surface area contributed by atoms with Gasteiger partial charge in [0.1, 0.15) is 5.60 Å². The third-order valence-corrected chi connectivity index (χ3v) is 3.08. The molecule has 1 heterocycles. The standard InChI is InChI=1S/C13H19Cl2N3O2/c1-13(2,3)20-12(19)18-5-8(4-16)11-9(14)6-17-7-10(11)15/h6-8H,4-5,16H2,1-3H3,(H,18,19). The van der Waals surface area contributed by atoms with Crippen molar-refractivity contribution in [3.05, 3.63) is 28.0 Å². The first-order valence-electron chi connectivity index (χ1n) is 6.20. The monoisotopic (exact) mass is 319 g/mol. The molecule has 0 aromatic carbocycles. The number of nitrogens with zero attached hydrogens (tertiary/aromatic N) is 1. The summed E-state index contributed by atoms with van der Waals surface area (Å²) in [7, 11) is 0. The van der Waals surface area contributed by atoms with Crippen molar-refractivity contribution in [3.8, 4) is 0 Å². The zero-order valence-corrected chi connectivity index (χ0v) is 13.3.